The third-order valence-corrected chi connectivity index (χ3v) is 6.95. The van der Waals surface area contributed by atoms with E-state index in [4.69, 9.17) is 0 Å². The highest BCUT2D eigenvalue weighted by Crippen LogP contribution is 2.38. The van der Waals surface area contributed by atoms with Crippen LogP contribution >= 0.6 is 0 Å². The summed E-state index contributed by atoms with van der Waals surface area (Å²) >= 11 is 0. The molecule has 2 N–H and O–H groups in total. The van der Waals surface area contributed by atoms with Crippen molar-refractivity contribution < 1.29 is 23.2 Å². The number of anilines is 1. The molecule has 0 saturated carbocycles. The molecule has 4 rings (SSSR count). The molecule has 31 heavy (non-hydrogen) atoms. The summed E-state index contributed by atoms with van der Waals surface area (Å²) in [5.74, 6) is -2.20. The zero-order chi connectivity index (χ0) is 22.0. The molecule has 3 aliphatic heterocycles. The minimum absolute atomic E-state index is 0.0675. The molecule has 1 aromatic carbocycles. The number of piperidine rings is 2. The van der Waals surface area contributed by atoms with Gasteiger partial charge in [-0.25, -0.2) is 8.78 Å². The molecule has 0 atom stereocenters. The smallest absolute Gasteiger partial charge is 0.236 e. The summed E-state index contributed by atoms with van der Waals surface area (Å²) in [4.78, 5) is 41.1. The number of nitrogens with zero attached hydrogens (tertiary/aromatic N) is 2. The molecule has 0 unspecified atom stereocenters. The zero-order valence-electron chi connectivity index (χ0n) is 17.5. The lowest BCUT2D eigenvalue weighted by atomic mass is 9.77. The van der Waals surface area contributed by atoms with Crippen molar-refractivity contribution >= 4 is 23.4 Å². The highest BCUT2D eigenvalue weighted by molar-refractivity contribution is 5.92. The Hall–Kier alpha value is -2.55. The van der Waals surface area contributed by atoms with E-state index in [1.54, 1.807) is 0 Å². The van der Waals surface area contributed by atoms with Gasteiger partial charge in [0.25, 0.3) is 0 Å². The van der Waals surface area contributed by atoms with Crippen molar-refractivity contribution in [1.82, 2.24) is 15.1 Å². The molecule has 3 amide bonds. The van der Waals surface area contributed by atoms with Crippen LogP contribution in [0.15, 0.2) is 18.2 Å². The van der Waals surface area contributed by atoms with E-state index in [1.165, 1.54) is 6.07 Å². The molecule has 1 spiro atoms. The van der Waals surface area contributed by atoms with Crippen LogP contribution in [0.25, 0.3) is 0 Å². The number of hydrogen-bond acceptors (Lipinski definition) is 4. The van der Waals surface area contributed by atoms with Gasteiger partial charge < -0.3 is 15.5 Å². The van der Waals surface area contributed by atoms with E-state index in [0.29, 0.717) is 45.6 Å². The molecular weight excluding hydrogens is 406 g/mol. The van der Waals surface area contributed by atoms with Crippen molar-refractivity contribution in [1.29, 1.82) is 0 Å². The van der Waals surface area contributed by atoms with E-state index >= 15 is 0 Å². The first-order valence-corrected chi connectivity index (χ1v) is 10.9. The highest BCUT2D eigenvalue weighted by Gasteiger charge is 2.45. The third-order valence-electron chi connectivity index (χ3n) is 6.95. The van der Waals surface area contributed by atoms with Gasteiger partial charge in [-0.3, -0.25) is 19.3 Å². The monoisotopic (exact) mass is 434 g/mol. The summed E-state index contributed by atoms with van der Waals surface area (Å²) in [6, 6.07) is 3.29. The van der Waals surface area contributed by atoms with E-state index < -0.39 is 11.6 Å². The molecule has 1 aromatic rings. The fraction of sp³-hybridized carbons (Fsp3) is 0.591. The summed E-state index contributed by atoms with van der Waals surface area (Å²) in [5, 5.41) is 5.55. The lowest BCUT2D eigenvalue weighted by Gasteiger charge is -2.38. The maximum absolute atomic E-state index is 13.3. The number of halogens is 2. The average Bonchev–Trinajstić information content (AvgIpc) is 3.11. The van der Waals surface area contributed by atoms with Crippen molar-refractivity contribution in [2.24, 2.45) is 11.3 Å². The Balaban J connectivity index is 1.21. The highest BCUT2D eigenvalue weighted by atomic mass is 19.2. The lowest BCUT2D eigenvalue weighted by molar-refractivity contribution is -0.139. The number of likely N-dealkylation sites (tertiary alicyclic amines) is 2. The molecule has 9 heteroatoms. The number of carbonyl (C=O) groups is 3. The van der Waals surface area contributed by atoms with E-state index in [2.05, 4.69) is 15.5 Å². The van der Waals surface area contributed by atoms with Crippen LogP contribution in [0, 0.1) is 23.0 Å². The zero-order valence-corrected chi connectivity index (χ0v) is 17.5. The summed E-state index contributed by atoms with van der Waals surface area (Å²) in [6.07, 6.45) is 3.50. The van der Waals surface area contributed by atoms with Gasteiger partial charge in [0.05, 0.1) is 12.0 Å². The topological polar surface area (TPSA) is 81.8 Å². The van der Waals surface area contributed by atoms with Crippen LogP contribution in [0.3, 0.4) is 0 Å². The van der Waals surface area contributed by atoms with E-state index in [-0.39, 0.29) is 34.7 Å². The van der Waals surface area contributed by atoms with Crippen LogP contribution in [0.2, 0.25) is 0 Å². The Morgan fingerprint density at radius 1 is 1.06 bits per heavy atom. The number of nitrogens with one attached hydrogen (secondary N) is 2. The van der Waals surface area contributed by atoms with Gasteiger partial charge in [0.15, 0.2) is 11.6 Å². The lowest BCUT2D eigenvalue weighted by Crippen LogP contribution is -2.50. The van der Waals surface area contributed by atoms with E-state index in [0.717, 1.165) is 37.9 Å². The fourth-order valence-corrected chi connectivity index (χ4v) is 4.84. The molecule has 0 bridgehead atoms. The summed E-state index contributed by atoms with van der Waals surface area (Å²) < 4.78 is 26.3. The van der Waals surface area contributed by atoms with Crippen molar-refractivity contribution in [3.63, 3.8) is 0 Å². The molecule has 3 fully saturated rings. The maximum atomic E-state index is 13.3. The van der Waals surface area contributed by atoms with E-state index in [1.807, 2.05) is 4.90 Å². The first-order valence-electron chi connectivity index (χ1n) is 10.9. The van der Waals surface area contributed by atoms with Crippen LogP contribution in [-0.4, -0.2) is 66.8 Å². The first-order chi connectivity index (χ1) is 14.9. The van der Waals surface area contributed by atoms with Crippen molar-refractivity contribution in [2.75, 3.05) is 44.6 Å². The molecule has 0 aromatic heterocycles. The molecule has 7 nitrogen and oxygen atoms in total. The van der Waals surface area contributed by atoms with Gasteiger partial charge in [-0.05, 0) is 57.3 Å². The maximum Gasteiger partial charge on any atom is 0.236 e. The summed E-state index contributed by atoms with van der Waals surface area (Å²) in [5.41, 5.74) is -0.0454. The van der Waals surface area contributed by atoms with Crippen LogP contribution in [0.4, 0.5) is 14.5 Å². The third kappa shape index (κ3) is 4.71. The first kappa shape index (κ1) is 21.7. The van der Waals surface area contributed by atoms with Gasteiger partial charge in [0.2, 0.25) is 17.7 Å². The summed E-state index contributed by atoms with van der Waals surface area (Å²) in [7, 11) is 0. The number of hydrogen-bond donors (Lipinski definition) is 2. The average molecular weight is 434 g/mol. The normalized spacial score (nSPS) is 21.9. The van der Waals surface area contributed by atoms with Crippen molar-refractivity contribution in [3.05, 3.63) is 29.8 Å². The minimum atomic E-state index is -0.997. The molecule has 0 aliphatic carbocycles. The number of amides is 3. The van der Waals surface area contributed by atoms with Crippen LogP contribution in [0.1, 0.15) is 32.1 Å². The standard InChI is InChI=1S/C22H28F2N4O3/c23-17-2-1-16(13-18(17)24)26-20(30)15-3-9-27(10-4-15)14-19(29)28-11-6-22(7-12-28)5-8-25-21(22)31/h1-2,13,15H,3-12,14H2,(H,25,31)(H,26,30). The van der Waals surface area contributed by atoms with Crippen LogP contribution < -0.4 is 10.6 Å². The van der Waals surface area contributed by atoms with Gasteiger partial charge in [0.1, 0.15) is 0 Å². The Morgan fingerprint density at radius 2 is 1.77 bits per heavy atom. The predicted molar refractivity (Wildman–Crippen MR) is 110 cm³/mol. The second kappa shape index (κ2) is 8.90. The predicted octanol–water partition coefficient (Wildman–Crippen LogP) is 1.74. The van der Waals surface area contributed by atoms with Gasteiger partial charge in [0, 0.05) is 37.3 Å². The molecule has 3 aliphatic rings. The molecule has 3 saturated heterocycles. The SMILES string of the molecule is O=C(Nc1ccc(F)c(F)c1)C1CCN(CC(=O)N2CCC3(CCNC3=O)CC2)CC1. The van der Waals surface area contributed by atoms with Crippen molar-refractivity contribution in [2.45, 2.75) is 32.1 Å². The quantitative estimate of drug-likeness (QED) is 0.757. The Labute approximate surface area is 180 Å². The Bertz CT molecular complexity index is 862. The number of benzene rings is 1. The molecule has 0 radical (unpaired) electrons. The van der Waals surface area contributed by atoms with Gasteiger partial charge in [-0.15, -0.1) is 0 Å². The Morgan fingerprint density at radius 3 is 2.39 bits per heavy atom. The largest absolute Gasteiger partial charge is 0.356 e. The number of rotatable bonds is 4. The second-order valence-corrected chi connectivity index (χ2v) is 8.84. The van der Waals surface area contributed by atoms with Gasteiger partial charge in [-0.2, -0.15) is 0 Å². The Kier molecular flexibility index (Phi) is 6.22. The molecular formula is C22H28F2N4O3. The molecule has 3 heterocycles. The van der Waals surface area contributed by atoms with Crippen molar-refractivity contribution in [3.8, 4) is 0 Å². The van der Waals surface area contributed by atoms with Gasteiger partial charge >= 0.3 is 0 Å². The fourth-order valence-electron chi connectivity index (χ4n) is 4.84. The van der Waals surface area contributed by atoms with Crippen LogP contribution in [-0.2, 0) is 14.4 Å². The number of carbonyl (C=O) groups excluding carboxylic acids is 3. The molecule has 168 valence electrons. The van der Waals surface area contributed by atoms with Gasteiger partial charge in [-0.1, -0.05) is 0 Å². The summed E-state index contributed by atoms with van der Waals surface area (Å²) in [6.45, 7) is 3.52. The van der Waals surface area contributed by atoms with Crippen LogP contribution in [0.5, 0.6) is 0 Å². The minimum Gasteiger partial charge on any atom is -0.356 e. The second-order valence-electron chi connectivity index (χ2n) is 8.84. The van der Waals surface area contributed by atoms with E-state index in [9.17, 15) is 23.2 Å².